The van der Waals surface area contributed by atoms with Crippen molar-refractivity contribution in [2.24, 2.45) is 5.73 Å². The second-order valence-corrected chi connectivity index (χ2v) is 7.40. The fraction of sp³-hybridized carbons (Fsp3) is 0.667. The first kappa shape index (κ1) is 15.3. The average molecular weight is 332 g/mol. The van der Waals surface area contributed by atoms with Crippen LogP contribution in [-0.2, 0) is 31.9 Å². The maximum absolute atomic E-state index is 6.61. The van der Waals surface area contributed by atoms with E-state index in [2.05, 4.69) is 29.6 Å². The first-order valence-electron chi connectivity index (χ1n) is 8.79. The summed E-state index contributed by atoms with van der Waals surface area (Å²) in [6, 6.07) is 8.93. The lowest BCUT2D eigenvalue weighted by molar-refractivity contribution is 0.221. The minimum atomic E-state index is -0.391. The third kappa shape index (κ3) is 3.22. The third-order valence-electron chi connectivity index (χ3n) is 5.43. The van der Waals surface area contributed by atoms with Crippen LogP contribution in [0.15, 0.2) is 24.3 Å². The summed E-state index contributed by atoms with van der Waals surface area (Å²) in [7, 11) is 0. The minimum Gasteiger partial charge on any atom is -0.371 e. The highest BCUT2D eigenvalue weighted by molar-refractivity contribution is 5.27. The van der Waals surface area contributed by atoms with Crippen LogP contribution in [0.5, 0.6) is 0 Å². The molecular weight excluding hydrogens is 308 g/mol. The highest BCUT2D eigenvalue weighted by Crippen LogP contribution is 2.36. The molecule has 3 N–H and O–H groups in total. The van der Waals surface area contributed by atoms with E-state index < -0.39 is 5.54 Å². The number of rotatable bonds is 9. The first-order chi connectivity index (χ1) is 11.7. The maximum Gasteiger partial charge on any atom is 0.102 e. The van der Waals surface area contributed by atoms with Crippen molar-refractivity contribution in [3.63, 3.8) is 0 Å². The second-order valence-electron chi connectivity index (χ2n) is 7.40. The first-order valence-corrected chi connectivity index (χ1v) is 8.79. The van der Waals surface area contributed by atoms with Gasteiger partial charge < -0.3 is 30.0 Å². The Morgan fingerprint density at radius 2 is 1.58 bits per heavy atom. The van der Waals surface area contributed by atoms with Crippen LogP contribution < -0.4 is 11.1 Å². The van der Waals surface area contributed by atoms with Crippen molar-refractivity contribution in [1.82, 2.24) is 5.32 Å². The Hall–Kier alpha value is -1.02. The molecule has 4 atom stereocenters. The Bertz CT molecular complexity index is 585. The van der Waals surface area contributed by atoms with Gasteiger partial charge >= 0.3 is 0 Å². The lowest BCUT2D eigenvalue weighted by Crippen LogP contribution is -2.52. The van der Waals surface area contributed by atoms with Gasteiger partial charge in [-0.2, -0.15) is 0 Å². The fourth-order valence-corrected chi connectivity index (χ4v) is 3.62. The second kappa shape index (κ2) is 5.76. The number of nitrogens with one attached hydrogen (secondary N) is 1. The molecule has 0 radical (unpaired) electrons. The van der Waals surface area contributed by atoms with Gasteiger partial charge in [-0.1, -0.05) is 24.3 Å². The topological polar surface area (TPSA) is 88.2 Å². The van der Waals surface area contributed by atoms with Gasteiger partial charge in [0.1, 0.15) is 12.2 Å². The van der Waals surface area contributed by atoms with Gasteiger partial charge in [0.25, 0.3) is 0 Å². The lowest BCUT2D eigenvalue weighted by Gasteiger charge is -2.26. The Labute approximate surface area is 141 Å². The number of hydrogen-bond acceptors (Lipinski definition) is 6. The fourth-order valence-electron chi connectivity index (χ4n) is 3.62. The van der Waals surface area contributed by atoms with Gasteiger partial charge in [-0.15, -0.1) is 0 Å². The largest absolute Gasteiger partial charge is 0.371 e. The molecule has 0 aliphatic carbocycles. The predicted octanol–water partition coefficient (Wildman–Crippen LogP) is -0.0200. The smallest absolute Gasteiger partial charge is 0.102 e. The molecule has 4 unspecified atom stereocenters. The van der Waals surface area contributed by atoms with E-state index in [0.29, 0.717) is 18.2 Å². The Kier molecular flexibility index (Phi) is 3.66. The van der Waals surface area contributed by atoms with Crippen LogP contribution in [0.3, 0.4) is 0 Å². The molecule has 1 aromatic carbocycles. The van der Waals surface area contributed by atoms with E-state index in [-0.39, 0.29) is 12.2 Å². The molecule has 24 heavy (non-hydrogen) atoms. The van der Waals surface area contributed by atoms with Crippen LogP contribution in [0.2, 0.25) is 0 Å². The Balaban J connectivity index is 1.24. The summed E-state index contributed by atoms with van der Waals surface area (Å²) in [6.45, 7) is 4.01. The summed E-state index contributed by atoms with van der Waals surface area (Å²) < 4.78 is 21.8. The van der Waals surface area contributed by atoms with Gasteiger partial charge in [0.05, 0.1) is 50.2 Å². The van der Waals surface area contributed by atoms with Crippen molar-refractivity contribution in [3.8, 4) is 0 Å². The SMILES string of the molecule is NC(Cc1cccc(CNC(C2CO2)C2CO2)c1)(C1CO1)C1CO1. The van der Waals surface area contributed by atoms with Crippen molar-refractivity contribution in [2.45, 2.75) is 49.0 Å². The van der Waals surface area contributed by atoms with Crippen LogP contribution in [0.25, 0.3) is 0 Å². The lowest BCUT2D eigenvalue weighted by atomic mass is 9.85. The molecular formula is C18H24N2O4. The molecule has 6 heteroatoms. The zero-order chi connectivity index (χ0) is 16.1. The quantitative estimate of drug-likeness (QED) is 0.618. The summed E-state index contributed by atoms with van der Waals surface area (Å²) >= 11 is 0. The normalized spacial score (nSPS) is 36.7. The molecule has 4 aliphatic heterocycles. The van der Waals surface area contributed by atoms with Crippen molar-refractivity contribution >= 4 is 0 Å². The van der Waals surface area contributed by atoms with E-state index in [1.165, 1.54) is 11.1 Å². The number of benzene rings is 1. The van der Waals surface area contributed by atoms with Crippen molar-refractivity contribution in [2.75, 3.05) is 26.4 Å². The molecule has 0 amide bonds. The highest BCUT2D eigenvalue weighted by Gasteiger charge is 2.54. The molecule has 130 valence electrons. The van der Waals surface area contributed by atoms with E-state index in [0.717, 1.165) is 39.4 Å². The summed E-state index contributed by atoms with van der Waals surface area (Å²) in [4.78, 5) is 0. The monoisotopic (exact) mass is 332 g/mol. The van der Waals surface area contributed by atoms with Crippen LogP contribution in [0.4, 0.5) is 0 Å². The number of nitrogens with two attached hydrogens (primary N) is 1. The van der Waals surface area contributed by atoms with Gasteiger partial charge in [-0.3, -0.25) is 0 Å². The van der Waals surface area contributed by atoms with Crippen LogP contribution in [0, 0.1) is 0 Å². The number of epoxide rings is 4. The molecule has 0 saturated carbocycles. The average Bonchev–Trinajstić information content (AvgIpc) is 3.43. The van der Waals surface area contributed by atoms with E-state index in [1.807, 2.05) is 0 Å². The van der Waals surface area contributed by atoms with Crippen LogP contribution in [0.1, 0.15) is 11.1 Å². The van der Waals surface area contributed by atoms with E-state index >= 15 is 0 Å². The van der Waals surface area contributed by atoms with E-state index in [9.17, 15) is 0 Å². The molecule has 4 aliphatic rings. The molecule has 5 rings (SSSR count). The van der Waals surface area contributed by atoms with Crippen LogP contribution in [-0.4, -0.2) is 62.4 Å². The Morgan fingerprint density at radius 1 is 1.00 bits per heavy atom. The zero-order valence-electron chi connectivity index (χ0n) is 13.6. The van der Waals surface area contributed by atoms with E-state index in [1.54, 1.807) is 0 Å². The molecule has 0 bridgehead atoms. The third-order valence-corrected chi connectivity index (χ3v) is 5.43. The maximum atomic E-state index is 6.61. The molecule has 4 heterocycles. The summed E-state index contributed by atoms with van der Waals surface area (Å²) in [5.41, 5.74) is 8.72. The molecule has 6 nitrogen and oxygen atoms in total. The van der Waals surface area contributed by atoms with Gasteiger partial charge in [-0.05, 0) is 17.5 Å². The van der Waals surface area contributed by atoms with Gasteiger partial charge in [0, 0.05) is 6.54 Å². The standard InChI is InChI=1S/C18H24N2O4/c19-18(15-9-23-15,16-10-24-16)5-11-2-1-3-12(4-11)6-20-17(13-7-21-13)14-8-22-14/h1-4,13-17,20H,5-10,19H2. The van der Waals surface area contributed by atoms with Crippen molar-refractivity contribution in [1.29, 1.82) is 0 Å². The predicted molar refractivity (Wildman–Crippen MR) is 86.7 cm³/mol. The van der Waals surface area contributed by atoms with Crippen LogP contribution >= 0.6 is 0 Å². The highest BCUT2D eigenvalue weighted by atomic mass is 16.6. The molecule has 4 fully saturated rings. The summed E-state index contributed by atoms with van der Waals surface area (Å²) in [5, 5.41) is 3.59. The number of hydrogen-bond donors (Lipinski definition) is 2. The minimum absolute atomic E-state index is 0.134. The number of ether oxygens (including phenoxy) is 4. The van der Waals surface area contributed by atoms with Gasteiger partial charge in [0.15, 0.2) is 0 Å². The molecule has 0 spiro atoms. The molecule has 4 saturated heterocycles. The summed E-state index contributed by atoms with van der Waals surface area (Å²) in [5.74, 6) is 0. The van der Waals surface area contributed by atoms with Gasteiger partial charge in [-0.25, -0.2) is 0 Å². The Morgan fingerprint density at radius 3 is 2.12 bits per heavy atom. The van der Waals surface area contributed by atoms with Crippen molar-refractivity contribution < 1.29 is 18.9 Å². The molecule has 1 aromatic rings. The van der Waals surface area contributed by atoms with E-state index in [4.69, 9.17) is 24.7 Å². The zero-order valence-corrected chi connectivity index (χ0v) is 13.6. The summed E-state index contributed by atoms with van der Waals surface area (Å²) in [6.07, 6.45) is 1.69. The van der Waals surface area contributed by atoms with Gasteiger partial charge in [0.2, 0.25) is 0 Å². The molecule has 0 aromatic heterocycles. The van der Waals surface area contributed by atoms with Crippen molar-refractivity contribution in [3.05, 3.63) is 35.4 Å².